The maximum Gasteiger partial charge on any atom is 0.0845 e. The minimum Gasteiger partial charge on any atom is -0.502 e. The molecule has 18 heavy (non-hydrogen) atoms. The van der Waals surface area contributed by atoms with Crippen LogP contribution >= 0.6 is 0 Å². The van der Waals surface area contributed by atoms with Crippen LogP contribution in [0.1, 0.15) is 85.5 Å². The van der Waals surface area contributed by atoms with Crippen molar-refractivity contribution in [3.63, 3.8) is 0 Å². The minimum atomic E-state index is 0.767. The fourth-order valence-electron chi connectivity index (χ4n) is 2.35. The van der Waals surface area contributed by atoms with E-state index in [1.54, 1.807) is 5.57 Å². The first-order valence-corrected chi connectivity index (χ1v) is 8.10. The maximum absolute atomic E-state index is 5.57. The van der Waals surface area contributed by atoms with Crippen molar-refractivity contribution in [2.24, 2.45) is 5.92 Å². The Kier molecular flexibility index (Phi) is 12.7. The van der Waals surface area contributed by atoms with E-state index in [0.29, 0.717) is 0 Å². The molecule has 0 aromatic heterocycles. The molecule has 0 unspecified atom stereocenters. The van der Waals surface area contributed by atoms with Crippen molar-refractivity contribution in [1.29, 1.82) is 0 Å². The molecule has 0 amide bonds. The first-order chi connectivity index (χ1) is 8.79. The van der Waals surface area contributed by atoms with Gasteiger partial charge in [-0.05, 0) is 44.1 Å². The second kappa shape index (κ2) is 13.0. The average Bonchev–Trinajstić information content (AvgIpc) is 2.40. The SMILES string of the molecule is CCCC/C(=C\OCC)C(CCCC)CCCC. The van der Waals surface area contributed by atoms with Crippen LogP contribution in [0.5, 0.6) is 0 Å². The molecule has 0 aliphatic carbocycles. The number of ether oxygens (including phenoxy) is 1. The Balaban J connectivity index is 4.47. The van der Waals surface area contributed by atoms with Crippen molar-refractivity contribution in [3.8, 4) is 0 Å². The van der Waals surface area contributed by atoms with Gasteiger partial charge in [0.05, 0.1) is 12.9 Å². The molecule has 0 saturated heterocycles. The molecule has 0 bridgehead atoms. The molecule has 0 atom stereocenters. The molecule has 0 aromatic rings. The topological polar surface area (TPSA) is 9.23 Å². The van der Waals surface area contributed by atoms with Crippen LogP contribution in [0.2, 0.25) is 0 Å². The van der Waals surface area contributed by atoms with Gasteiger partial charge in [-0.15, -0.1) is 0 Å². The molecule has 0 spiro atoms. The number of rotatable bonds is 12. The van der Waals surface area contributed by atoms with Gasteiger partial charge in [-0.2, -0.15) is 0 Å². The third kappa shape index (κ3) is 8.60. The number of unbranched alkanes of at least 4 members (excludes halogenated alkanes) is 3. The van der Waals surface area contributed by atoms with Crippen molar-refractivity contribution in [3.05, 3.63) is 11.8 Å². The lowest BCUT2D eigenvalue weighted by Crippen LogP contribution is -2.06. The highest BCUT2D eigenvalue weighted by molar-refractivity contribution is 5.04. The molecule has 1 heteroatoms. The minimum absolute atomic E-state index is 0.767. The molecule has 0 N–H and O–H groups in total. The highest BCUT2D eigenvalue weighted by atomic mass is 16.5. The summed E-state index contributed by atoms with van der Waals surface area (Å²) in [5.41, 5.74) is 1.57. The monoisotopic (exact) mass is 254 g/mol. The summed E-state index contributed by atoms with van der Waals surface area (Å²) in [6, 6.07) is 0. The van der Waals surface area contributed by atoms with Crippen LogP contribution in [0.4, 0.5) is 0 Å². The summed E-state index contributed by atoms with van der Waals surface area (Å²) in [6.45, 7) is 9.71. The predicted octanol–water partition coefficient (Wildman–Crippen LogP) is 6.09. The molecule has 0 radical (unpaired) electrons. The van der Waals surface area contributed by atoms with E-state index in [1.165, 1.54) is 57.8 Å². The summed E-state index contributed by atoms with van der Waals surface area (Å²) in [5, 5.41) is 0. The largest absolute Gasteiger partial charge is 0.502 e. The van der Waals surface area contributed by atoms with Crippen LogP contribution in [0.15, 0.2) is 11.8 Å². The van der Waals surface area contributed by atoms with E-state index >= 15 is 0 Å². The number of allylic oxidation sites excluding steroid dienone is 1. The Bertz CT molecular complexity index is 188. The predicted molar refractivity (Wildman–Crippen MR) is 81.8 cm³/mol. The molecule has 108 valence electrons. The van der Waals surface area contributed by atoms with Gasteiger partial charge in [0.25, 0.3) is 0 Å². The molecule has 0 fully saturated rings. The molecule has 0 aliphatic rings. The standard InChI is InChI=1S/C17H34O/c1-5-9-12-16(13-10-6-2)17(14-11-7-3)15-18-8-4/h15-16H,5-14H2,1-4H3/b17-15+. The zero-order chi connectivity index (χ0) is 13.6. The van der Waals surface area contributed by atoms with Crippen LogP contribution < -0.4 is 0 Å². The van der Waals surface area contributed by atoms with Gasteiger partial charge in [0.1, 0.15) is 0 Å². The Morgan fingerprint density at radius 2 is 1.44 bits per heavy atom. The third-order valence-electron chi connectivity index (χ3n) is 3.56. The second-order valence-electron chi connectivity index (χ2n) is 5.23. The zero-order valence-corrected chi connectivity index (χ0v) is 13.1. The third-order valence-corrected chi connectivity index (χ3v) is 3.56. The van der Waals surface area contributed by atoms with Crippen molar-refractivity contribution in [2.75, 3.05) is 6.61 Å². The van der Waals surface area contributed by atoms with Gasteiger partial charge in [-0.3, -0.25) is 0 Å². The lowest BCUT2D eigenvalue weighted by molar-refractivity contribution is 0.258. The maximum atomic E-state index is 5.57. The first kappa shape index (κ1) is 17.5. The van der Waals surface area contributed by atoms with E-state index in [2.05, 4.69) is 34.0 Å². The number of hydrogen-bond acceptors (Lipinski definition) is 1. The Hall–Kier alpha value is -0.460. The summed E-state index contributed by atoms with van der Waals surface area (Å²) in [7, 11) is 0. The Labute approximate surface area is 115 Å². The van der Waals surface area contributed by atoms with Gasteiger partial charge in [0.15, 0.2) is 0 Å². The lowest BCUT2D eigenvalue weighted by atomic mass is 9.87. The van der Waals surface area contributed by atoms with Gasteiger partial charge in [0, 0.05) is 0 Å². The summed E-state index contributed by atoms with van der Waals surface area (Å²) in [4.78, 5) is 0. The molecular weight excluding hydrogens is 220 g/mol. The van der Waals surface area contributed by atoms with Gasteiger partial charge in [0.2, 0.25) is 0 Å². The quantitative estimate of drug-likeness (QED) is 0.383. The van der Waals surface area contributed by atoms with E-state index < -0.39 is 0 Å². The van der Waals surface area contributed by atoms with Crippen molar-refractivity contribution < 1.29 is 4.74 Å². The molecule has 0 saturated carbocycles. The lowest BCUT2D eigenvalue weighted by Gasteiger charge is -2.20. The van der Waals surface area contributed by atoms with Gasteiger partial charge in [-0.25, -0.2) is 0 Å². The molecule has 0 rings (SSSR count). The fraction of sp³-hybridized carbons (Fsp3) is 0.882. The van der Waals surface area contributed by atoms with Crippen molar-refractivity contribution >= 4 is 0 Å². The van der Waals surface area contributed by atoms with E-state index in [-0.39, 0.29) is 0 Å². The molecule has 0 aliphatic heterocycles. The highest BCUT2D eigenvalue weighted by Crippen LogP contribution is 2.28. The van der Waals surface area contributed by atoms with Gasteiger partial charge >= 0.3 is 0 Å². The fourth-order valence-corrected chi connectivity index (χ4v) is 2.35. The van der Waals surface area contributed by atoms with Crippen molar-refractivity contribution in [1.82, 2.24) is 0 Å². The van der Waals surface area contributed by atoms with Crippen LogP contribution in [-0.2, 0) is 4.74 Å². The molecular formula is C17H34O. The van der Waals surface area contributed by atoms with Crippen LogP contribution in [0.25, 0.3) is 0 Å². The Morgan fingerprint density at radius 1 is 0.889 bits per heavy atom. The smallest absolute Gasteiger partial charge is 0.0845 e. The van der Waals surface area contributed by atoms with E-state index in [9.17, 15) is 0 Å². The first-order valence-electron chi connectivity index (χ1n) is 8.10. The van der Waals surface area contributed by atoms with E-state index in [0.717, 1.165) is 12.5 Å². The van der Waals surface area contributed by atoms with E-state index in [4.69, 9.17) is 4.74 Å². The average molecular weight is 254 g/mol. The van der Waals surface area contributed by atoms with Gasteiger partial charge in [-0.1, -0.05) is 52.9 Å². The highest BCUT2D eigenvalue weighted by Gasteiger charge is 2.13. The number of hydrogen-bond donors (Lipinski definition) is 0. The van der Waals surface area contributed by atoms with Crippen LogP contribution in [0, 0.1) is 5.92 Å². The molecule has 0 aromatic carbocycles. The summed E-state index contributed by atoms with van der Waals surface area (Å²) >= 11 is 0. The van der Waals surface area contributed by atoms with Crippen LogP contribution in [-0.4, -0.2) is 6.61 Å². The van der Waals surface area contributed by atoms with E-state index in [1.807, 2.05) is 0 Å². The van der Waals surface area contributed by atoms with Gasteiger partial charge < -0.3 is 4.74 Å². The molecule has 0 heterocycles. The summed E-state index contributed by atoms with van der Waals surface area (Å²) in [5.74, 6) is 0.767. The second-order valence-corrected chi connectivity index (χ2v) is 5.23. The summed E-state index contributed by atoms with van der Waals surface area (Å²) < 4.78 is 5.57. The van der Waals surface area contributed by atoms with Crippen LogP contribution in [0.3, 0.4) is 0 Å². The normalized spacial score (nSPS) is 12.2. The Morgan fingerprint density at radius 3 is 1.89 bits per heavy atom. The zero-order valence-electron chi connectivity index (χ0n) is 13.1. The summed E-state index contributed by atoms with van der Waals surface area (Å²) in [6.07, 6.45) is 13.9. The van der Waals surface area contributed by atoms with Crippen molar-refractivity contribution in [2.45, 2.75) is 85.5 Å². The molecule has 1 nitrogen and oxygen atoms in total.